The van der Waals surface area contributed by atoms with Crippen molar-refractivity contribution in [3.63, 3.8) is 0 Å². The molecule has 0 bridgehead atoms. The summed E-state index contributed by atoms with van der Waals surface area (Å²) in [5.74, 6) is 0. The molecule has 3 nitrogen and oxygen atoms in total. The smallest absolute Gasteiger partial charge is 0.333 e. The van der Waals surface area contributed by atoms with E-state index in [1.807, 2.05) is 0 Å². The minimum atomic E-state index is -0.223. The molecule has 372 valence electrons. The van der Waals surface area contributed by atoms with E-state index < -0.39 is 0 Å². The second-order valence-electron chi connectivity index (χ2n) is 24.4. The van der Waals surface area contributed by atoms with E-state index in [2.05, 4.69) is 263 Å². The maximum Gasteiger partial charge on any atom is 0.333 e. The summed E-state index contributed by atoms with van der Waals surface area (Å²) >= 11 is 0. The average molecular weight is 1000 g/mol. The molecule has 0 spiro atoms. The van der Waals surface area contributed by atoms with Crippen molar-refractivity contribution < 1.29 is 4.42 Å². The van der Waals surface area contributed by atoms with Crippen molar-refractivity contribution in [3.8, 4) is 11.1 Å². The highest BCUT2D eigenvalue weighted by Crippen LogP contribution is 2.53. The van der Waals surface area contributed by atoms with Crippen molar-refractivity contribution >= 4 is 122 Å². The van der Waals surface area contributed by atoms with E-state index in [1.165, 1.54) is 137 Å². The largest absolute Gasteiger partial charge is 0.455 e. The molecule has 0 aliphatic carbocycles. The number of fused-ring (bicyclic) bond motifs is 17. The molecule has 0 saturated carbocycles. The second-order valence-corrected chi connectivity index (χ2v) is 24.4. The molecule has 0 N–H and O–H groups in total. The molecular weight excluding hydrogens is 944 g/mol. The van der Waals surface area contributed by atoms with Crippen LogP contribution in [0.5, 0.6) is 0 Å². The summed E-state index contributed by atoms with van der Waals surface area (Å²) < 4.78 is 10.1. The van der Waals surface area contributed by atoms with E-state index >= 15 is 0 Å². The topological polar surface area (TPSA) is 21.3 Å². The van der Waals surface area contributed by atoms with Gasteiger partial charge in [-0.3, -0.25) is 0 Å². The Labute approximate surface area is 455 Å². The molecule has 0 unspecified atom stereocenters. The monoisotopic (exact) mass is 1000 g/mol. The standard InChI is InChI=1S/C74H57BN2O/c1-73(2,3)48-38-49(74(4,5)6)40-50(39-48)76-64-42-59-57(36-45-23-11-8-12-24-45)54-30-18-17-29-53(54)56(35-44-21-9-7-10-22-44)58(59)41-62(64)75-70-65(76)43-60-55-31-19-20-32-66(55)78-72(60)69(70)61-37-47-26-14-16-28-52(47)68-67-51-27-15-13-25-46(51)33-34-63(67)77(75)71(61)68/h7-34,37-43H,35-36H2,1-6H3. The lowest BCUT2D eigenvalue weighted by molar-refractivity contribution is 0.569. The normalized spacial score (nSPS) is 13.3. The number of nitrogens with zero attached hydrogens (tertiary/aromatic N) is 2. The maximum atomic E-state index is 7.33. The van der Waals surface area contributed by atoms with Gasteiger partial charge in [0.15, 0.2) is 0 Å². The zero-order chi connectivity index (χ0) is 52.3. The first-order valence-corrected chi connectivity index (χ1v) is 27.9. The van der Waals surface area contributed by atoms with Crippen molar-refractivity contribution in [1.29, 1.82) is 0 Å². The lowest BCUT2D eigenvalue weighted by Crippen LogP contribution is -2.56. The number of anilines is 3. The summed E-state index contributed by atoms with van der Waals surface area (Å²) in [4.78, 5) is 2.68. The summed E-state index contributed by atoms with van der Waals surface area (Å²) in [6.45, 7) is 13.9. The highest BCUT2D eigenvalue weighted by molar-refractivity contribution is 6.90. The number of furan rings is 1. The molecule has 0 saturated heterocycles. The minimum Gasteiger partial charge on any atom is -0.455 e. The first kappa shape index (κ1) is 45.3. The van der Waals surface area contributed by atoms with Gasteiger partial charge in [0.25, 0.3) is 0 Å². The molecule has 2 aromatic heterocycles. The summed E-state index contributed by atoms with van der Waals surface area (Å²) in [6, 6.07) is 80.6. The van der Waals surface area contributed by atoms with Gasteiger partial charge in [-0.1, -0.05) is 211 Å². The Bertz CT molecular complexity index is 4840. The number of aromatic nitrogens is 1. The van der Waals surface area contributed by atoms with E-state index in [0.29, 0.717) is 0 Å². The Hall–Kier alpha value is -8.86. The predicted molar refractivity (Wildman–Crippen MR) is 333 cm³/mol. The summed E-state index contributed by atoms with van der Waals surface area (Å²) in [5, 5.41) is 15.1. The average Bonchev–Trinajstić information content (AvgIpc) is 2.35. The highest BCUT2D eigenvalue weighted by atomic mass is 16.3. The van der Waals surface area contributed by atoms with Crippen molar-refractivity contribution in [2.75, 3.05) is 4.90 Å². The fraction of sp³-hybridized carbons (Fsp3) is 0.135. The maximum absolute atomic E-state index is 7.33. The lowest BCUT2D eigenvalue weighted by Gasteiger charge is -2.41. The van der Waals surface area contributed by atoms with Crippen molar-refractivity contribution in [2.24, 2.45) is 0 Å². The van der Waals surface area contributed by atoms with Gasteiger partial charge in [-0.2, -0.15) is 0 Å². The Balaban J connectivity index is 1.15. The van der Waals surface area contributed by atoms with E-state index in [1.54, 1.807) is 0 Å². The van der Waals surface area contributed by atoms with Crippen molar-refractivity contribution in [1.82, 2.24) is 4.48 Å². The van der Waals surface area contributed by atoms with Gasteiger partial charge in [0.1, 0.15) is 11.2 Å². The van der Waals surface area contributed by atoms with E-state index in [9.17, 15) is 0 Å². The van der Waals surface area contributed by atoms with Gasteiger partial charge in [0.05, 0.1) is 0 Å². The molecule has 0 fully saturated rings. The van der Waals surface area contributed by atoms with Gasteiger partial charge in [0, 0.05) is 60.8 Å². The molecule has 12 aromatic carbocycles. The number of para-hydroxylation sites is 1. The van der Waals surface area contributed by atoms with E-state index in [4.69, 9.17) is 4.42 Å². The number of rotatable bonds is 5. The van der Waals surface area contributed by atoms with Gasteiger partial charge >= 0.3 is 6.85 Å². The van der Waals surface area contributed by atoms with Crippen LogP contribution in [0.3, 0.4) is 0 Å². The molecule has 4 heteroatoms. The Morgan fingerprint density at radius 1 is 0.436 bits per heavy atom. The SMILES string of the molecule is CC(C)(C)c1cc(N2c3cc4c(Cc5ccccc5)c5ccccc5c(Cc5ccccc5)c4cc3B3c4c2cc2c(oc5ccccc52)c4-c2cc4ccccc4c4c5c6ccccc6ccc5n3c24)cc(C(C)(C)C)c1. The van der Waals surface area contributed by atoms with Crippen LogP contribution in [-0.2, 0) is 23.7 Å². The Kier molecular flexibility index (Phi) is 9.50. The third kappa shape index (κ3) is 6.53. The summed E-state index contributed by atoms with van der Waals surface area (Å²) in [5.41, 5.74) is 20.6. The molecule has 0 amide bonds. The lowest BCUT2D eigenvalue weighted by atomic mass is 9.44. The molecule has 2 aliphatic heterocycles. The fourth-order valence-electron chi connectivity index (χ4n) is 14.0. The molecule has 0 atom stereocenters. The molecule has 2 aliphatic rings. The van der Waals surface area contributed by atoms with Crippen LogP contribution in [0.1, 0.15) is 74.9 Å². The van der Waals surface area contributed by atoms with E-state index in [-0.39, 0.29) is 17.7 Å². The van der Waals surface area contributed by atoms with Crippen LogP contribution in [0.15, 0.2) is 217 Å². The quantitative estimate of drug-likeness (QED) is 0.127. The van der Waals surface area contributed by atoms with Gasteiger partial charge in [-0.05, 0) is 154 Å². The fourth-order valence-corrected chi connectivity index (χ4v) is 14.0. The van der Waals surface area contributed by atoms with Crippen molar-refractivity contribution in [2.45, 2.75) is 65.2 Å². The molecule has 4 heterocycles. The zero-order valence-corrected chi connectivity index (χ0v) is 45.0. The van der Waals surface area contributed by atoms with Crippen LogP contribution in [-0.4, -0.2) is 11.3 Å². The van der Waals surface area contributed by atoms with Gasteiger partial charge in [0.2, 0.25) is 0 Å². The first-order chi connectivity index (χ1) is 38.0. The van der Waals surface area contributed by atoms with Crippen LogP contribution < -0.4 is 15.8 Å². The highest BCUT2D eigenvalue weighted by Gasteiger charge is 2.46. The van der Waals surface area contributed by atoms with Crippen LogP contribution in [0.4, 0.5) is 17.1 Å². The first-order valence-electron chi connectivity index (χ1n) is 27.9. The van der Waals surface area contributed by atoms with Gasteiger partial charge in [-0.25, -0.2) is 0 Å². The van der Waals surface area contributed by atoms with Crippen LogP contribution in [0.25, 0.3) is 98.0 Å². The van der Waals surface area contributed by atoms with Gasteiger partial charge < -0.3 is 13.8 Å². The number of hydrogen-bond acceptors (Lipinski definition) is 2. The van der Waals surface area contributed by atoms with E-state index in [0.717, 1.165) is 34.8 Å². The predicted octanol–water partition coefficient (Wildman–Crippen LogP) is 18.5. The third-order valence-corrected chi connectivity index (χ3v) is 17.7. The molecule has 78 heavy (non-hydrogen) atoms. The Morgan fingerprint density at radius 3 is 1.62 bits per heavy atom. The molecule has 14 aromatic rings. The Morgan fingerprint density at radius 2 is 0.974 bits per heavy atom. The molecule has 16 rings (SSSR count). The zero-order valence-electron chi connectivity index (χ0n) is 45.0. The summed E-state index contributed by atoms with van der Waals surface area (Å²) in [6.07, 6.45) is 1.61. The van der Waals surface area contributed by atoms with Crippen molar-refractivity contribution in [3.05, 3.63) is 246 Å². The molecule has 0 radical (unpaired) electrons. The minimum absolute atomic E-state index is 0.114. The number of hydrogen-bond donors (Lipinski definition) is 0. The van der Waals surface area contributed by atoms with Crippen LogP contribution in [0.2, 0.25) is 0 Å². The van der Waals surface area contributed by atoms with Gasteiger partial charge in [-0.15, -0.1) is 0 Å². The molecular formula is C74H57BN2O. The summed E-state index contributed by atoms with van der Waals surface area (Å²) in [7, 11) is 0. The van der Waals surface area contributed by atoms with Crippen LogP contribution in [0, 0.1) is 0 Å². The number of benzene rings is 12. The van der Waals surface area contributed by atoms with Crippen LogP contribution >= 0.6 is 0 Å². The second kappa shape index (κ2) is 16.3. The third-order valence-electron chi connectivity index (χ3n) is 17.7.